The lowest BCUT2D eigenvalue weighted by Crippen LogP contribution is -2.41. The van der Waals surface area contributed by atoms with E-state index in [-0.39, 0.29) is 0 Å². The summed E-state index contributed by atoms with van der Waals surface area (Å²) in [7, 11) is 1.95. The number of nitrogens with one attached hydrogen (secondary N) is 1. The molecule has 1 aliphatic heterocycles. The Balaban J connectivity index is 1.54. The van der Waals surface area contributed by atoms with Gasteiger partial charge in [0.05, 0.1) is 13.1 Å². The van der Waals surface area contributed by atoms with Crippen LogP contribution in [0.3, 0.4) is 0 Å². The van der Waals surface area contributed by atoms with Crippen molar-refractivity contribution in [1.82, 2.24) is 10.2 Å². The number of hydrogen-bond donors (Lipinski definition) is 1. The van der Waals surface area contributed by atoms with Crippen molar-refractivity contribution in [3.63, 3.8) is 0 Å². The van der Waals surface area contributed by atoms with Crippen LogP contribution in [0.2, 0.25) is 0 Å². The molecular weight excluding hydrogens is 236 g/mol. The molecule has 19 heavy (non-hydrogen) atoms. The Morgan fingerprint density at radius 2 is 1.95 bits per heavy atom. The maximum Gasteiger partial charge on any atom is 0.118 e. The van der Waals surface area contributed by atoms with Gasteiger partial charge in [0.25, 0.3) is 0 Å². The molecule has 2 fully saturated rings. The van der Waals surface area contributed by atoms with Crippen LogP contribution in [0.5, 0.6) is 0 Å². The summed E-state index contributed by atoms with van der Waals surface area (Å²) in [4.78, 5) is 2.59. The van der Waals surface area contributed by atoms with E-state index in [1.165, 1.54) is 45.2 Å². The first-order valence-corrected chi connectivity index (χ1v) is 7.79. The first kappa shape index (κ1) is 13.2. The molecule has 0 aromatic carbocycles. The minimum absolute atomic E-state index is 0.824. The maximum atomic E-state index is 5.86. The van der Waals surface area contributed by atoms with Crippen LogP contribution >= 0.6 is 0 Å². The third kappa shape index (κ3) is 3.21. The summed E-state index contributed by atoms with van der Waals surface area (Å²) in [6.45, 7) is 4.35. The number of rotatable bonds is 4. The molecule has 1 saturated carbocycles. The largest absolute Gasteiger partial charge is 0.463 e. The fraction of sp³-hybridized carbons (Fsp3) is 0.750. The SMILES string of the molecule is CNCc1ccc(CN2CCC3CCCCC3C2)o1. The lowest BCUT2D eigenvalue weighted by Gasteiger charge is -2.41. The Morgan fingerprint density at radius 3 is 2.79 bits per heavy atom. The molecule has 1 saturated heterocycles. The molecule has 2 atom stereocenters. The van der Waals surface area contributed by atoms with Gasteiger partial charge in [0.2, 0.25) is 0 Å². The second-order valence-electron chi connectivity index (χ2n) is 6.23. The van der Waals surface area contributed by atoms with E-state index in [4.69, 9.17) is 4.42 Å². The molecule has 0 amide bonds. The van der Waals surface area contributed by atoms with Gasteiger partial charge in [0, 0.05) is 6.54 Å². The Labute approximate surface area is 116 Å². The standard InChI is InChI=1S/C16H26N2O/c1-17-10-15-6-7-16(19-15)12-18-9-8-13-4-2-3-5-14(13)11-18/h6-7,13-14,17H,2-5,8-12H2,1H3. The van der Waals surface area contributed by atoms with Crippen molar-refractivity contribution >= 4 is 0 Å². The van der Waals surface area contributed by atoms with E-state index in [0.717, 1.165) is 36.4 Å². The van der Waals surface area contributed by atoms with Gasteiger partial charge in [-0.15, -0.1) is 0 Å². The van der Waals surface area contributed by atoms with E-state index in [1.54, 1.807) is 0 Å². The van der Waals surface area contributed by atoms with Gasteiger partial charge in [-0.3, -0.25) is 4.90 Å². The van der Waals surface area contributed by atoms with Crippen molar-refractivity contribution in [2.75, 3.05) is 20.1 Å². The second kappa shape index (κ2) is 6.10. The molecule has 0 spiro atoms. The van der Waals surface area contributed by atoms with Crippen molar-refractivity contribution in [2.24, 2.45) is 11.8 Å². The fourth-order valence-corrected chi connectivity index (χ4v) is 3.82. The summed E-state index contributed by atoms with van der Waals surface area (Å²) in [6.07, 6.45) is 7.24. The fourth-order valence-electron chi connectivity index (χ4n) is 3.82. The number of fused-ring (bicyclic) bond motifs is 1. The van der Waals surface area contributed by atoms with E-state index < -0.39 is 0 Å². The summed E-state index contributed by atoms with van der Waals surface area (Å²) in [5, 5.41) is 3.13. The molecule has 106 valence electrons. The summed E-state index contributed by atoms with van der Waals surface area (Å²) in [5.74, 6) is 4.14. The molecule has 3 heteroatoms. The predicted octanol–water partition coefficient (Wildman–Crippen LogP) is 3.01. The molecule has 2 unspecified atom stereocenters. The Bertz CT molecular complexity index is 401. The van der Waals surface area contributed by atoms with Crippen LogP contribution in [0, 0.1) is 11.8 Å². The van der Waals surface area contributed by atoms with Crippen molar-refractivity contribution < 1.29 is 4.42 Å². The van der Waals surface area contributed by atoms with Crippen LogP contribution in [-0.4, -0.2) is 25.0 Å². The Hall–Kier alpha value is -0.800. The molecule has 1 aromatic heterocycles. The van der Waals surface area contributed by atoms with E-state index in [9.17, 15) is 0 Å². The summed E-state index contributed by atoms with van der Waals surface area (Å²) in [5.41, 5.74) is 0. The number of hydrogen-bond acceptors (Lipinski definition) is 3. The third-order valence-electron chi connectivity index (χ3n) is 4.82. The topological polar surface area (TPSA) is 28.4 Å². The van der Waals surface area contributed by atoms with Gasteiger partial charge in [0.15, 0.2) is 0 Å². The number of likely N-dealkylation sites (tertiary alicyclic amines) is 1. The molecule has 0 bridgehead atoms. The lowest BCUT2D eigenvalue weighted by atomic mass is 9.75. The van der Waals surface area contributed by atoms with E-state index in [2.05, 4.69) is 22.3 Å². The molecule has 1 aliphatic carbocycles. The summed E-state index contributed by atoms with van der Waals surface area (Å²) in [6, 6.07) is 4.23. The average Bonchev–Trinajstić information content (AvgIpc) is 2.86. The average molecular weight is 262 g/mol. The normalized spacial score (nSPS) is 28.3. The minimum Gasteiger partial charge on any atom is -0.463 e. The zero-order valence-corrected chi connectivity index (χ0v) is 12.0. The van der Waals surface area contributed by atoms with E-state index >= 15 is 0 Å². The number of furan rings is 1. The predicted molar refractivity (Wildman–Crippen MR) is 76.8 cm³/mol. The van der Waals surface area contributed by atoms with Crippen molar-refractivity contribution in [2.45, 2.75) is 45.2 Å². The molecule has 0 radical (unpaired) electrons. The van der Waals surface area contributed by atoms with Crippen LogP contribution in [0.25, 0.3) is 0 Å². The molecule has 2 heterocycles. The Morgan fingerprint density at radius 1 is 1.16 bits per heavy atom. The first-order chi connectivity index (χ1) is 9.35. The zero-order chi connectivity index (χ0) is 13.1. The Kier molecular flexibility index (Phi) is 4.24. The van der Waals surface area contributed by atoms with Crippen molar-refractivity contribution in [3.05, 3.63) is 23.7 Å². The summed E-state index contributed by atoms with van der Waals surface area (Å²) < 4.78 is 5.86. The van der Waals surface area contributed by atoms with Gasteiger partial charge < -0.3 is 9.73 Å². The van der Waals surface area contributed by atoms with E-state index in [1.807, 2.05) is 7.05 Å². The van der Waals surface area contributed by atoms with Gasteiger partial charge in [-0.25, -0.2) is 0 Å². The molecular formula is C16H26N2O. The maximum absolute atomic E-state index is 5.86. The highest BCUT2D eigenvalue weighted by Gasteiger charge is 2.31. The van der Waals surface area contributed by atoms with Gasteiger partial charge >= 0.3 is 0 Å². The monoisotopic (exact) mass is 262 g/mol. The first-order valence-electron chi connectivity index (χ1n) is 7.79. The number of piperidine rings is 1. The van der Waals surface area contributed by atoms with Crippen LogP contribution in [-0.2, 0) is 13.1 Å². The second-order valence-corrected chi connectivity index (χ2v) is 6.23. The van der Waals surface area contributed by atoms with E-state index in [0.29, 0.717) is 0 Å². The van der Waals surface area contributed by atoms with Crippen molar-refractivity contribution in [1.29, 1.82) is 0 Å². The van der Waals surface area contributed by atoms with Gasteiger partial charge in [-0.05, 0) is 50.4 Å². The zero-order valence-electron chi connectivity index (χ0n) is 12.0. The van der Waals surface area contributed by atoms with Gasteiger partial charge in [-0.1, -0.05) is 19.3 Å². The number of nitrogens with zero attached hydrogens (tertiary/aromatic N) is 1. The third-order valence-corrected chi connectivity index (χ3v) is 4.82. The highest BCUT2D eigenvalue weighted by molar-refractivity contribution is 5.07. The van der Waals surface area contributed by atoms with Gasteiger partial charge in [0.1, 0.15) is 11.5 Å². The molecule has 3 rings (SSSR count). The molecule has 2 aliphatic rings. The highest BCUT2D eigenvalue weighted by Crippen LogP contribution is 2.36. The minimum atomic E-state index is 0.824. The smallest absolute Gasteiger partial charge is 0.118 e. The quantitative estimate of drug-likeness (QED) is 0.904. The van der Waals surface area contributed by atoms with Crippen LogP contribution in [0.15, 0.2) is 16.5 Å². The van der Waals surface area contributed by atoms with Gasteiger partial charge in [-0.2, -0.15) is 0 Å². The molecule has 3 nitrogen and oxygen atoms in total. The molecule has 1 N–H and O–H groups in total. The lowest BCUT2D eigenvalue weighted by molar-refractivity contribution is 0.0771. The van der Waals surface area contributed by atoms with Crippen LogP contribution in [0.1, 0.15) is 43.6 Å². The molecule has 1 aromatic rings. The van der Waals surface area contributed by atoms with Crippen molar-refractivity contribution in [3.8, 4) is 0 Å². The van der Waals surface area contributed by atoms with Crippen LogP contribution in [0.4, 0.5) is 0 Å². The highest BCUT2D eigenvalue weighted by atomic mass is 16.3. The van der Waals surface area contributed by atoms with Crippen LogP contribution < -0.4 is 5.32 Å². The summed E-state index contributed by atoms with van der Waals surface area (Å²) >= 11 is 0.